The maximum atomic E-state index is 9.46. The van der Waals surface area contributed by atoms with Gasteiger partial charge in [0, 0.05) is 23.1 Å². The SMILES string of the molecule is CC(O)C(C)Nc1ccc(Nc2ccccc2)cc1. The molecule has 3 N–H and O–H groups in total. The minimum atomic E-state index is -0.373. The average Bonchev–Trinajstić information content (AvgIpc) is 2.42. The van der Waals surface area contributed by atoms with Gasteiger partial charge in [-0.25, -0.2) is 0 Å². The fraction of sp³-hybridized carbons (Fsp3) is 0.250. The van der Waals surface area contributed by atoms with Crippen molar-refractivity contribution in [1.82, 2.24) is 0 Å². The summed E-state index contributed by atoms with van der Waals surface area (Å²) in [7, 11) is 0. The molecule has 0 fully saturated rings. The standard InChI is InChI=1S/C16H20N2O/c1-12(13(2)19)17-15-8-10-16(11-9-15)18-14-6-4-3-5-7-14/h3-13,17-19H,1-2H3. The number of aliphatic hydroxyl groups is 1. The maximum Gasteiger partial charge on any atom is 0.0710 e. The Morgan fingerprint density at radius 2 is 1.32 bits per heavy atom. The second-order valence-electron chi connectivity index (χ2n) is 4.74. The molecule has 0 saturated heterocycles. The van der Waals surface area contributed by atoms with Gasteiger partial charge < -0.3 is 15.7 Å². The van der Waals surface area contributed by atoms with Crippen molar-refractivity contribution >= 4 is 17.1 Å². The van der Waals surface area contributed by atoms with E-state index in [4.69, 9.17) is 0 Å². The molecule has 0 amide bonds. The second-order valence-corrected chi connectivity index (χ2v) is 4.74. The highest BCUT2D eigenvalue weighted by Gasteiger charge is 2.07. The van der Waals surface area contributed by atoms with Crippen molar-refractivity contribution in [3.8, 4) is 0 Å². The average molecular weight is 256 g/mol. The number of nitrogens with one attached hydrogen (secondary N) is 2. The zero-order valence-electron chi connectivity index (χ0n) is 11.3. The van der Waals surface area contributed by atoms with Crippen LogP contribution in [0.3, 0.4) is 0 Å². The van der Waals surface area contributed by atoms with E-state index in [1.54, 1.807) is 6.92 Å². The van der Waals surface area contributed by atoms with Crippen molar-refractivity contribution in [2.75, 3.05) is 10.6 Å². The molecule has 19 heavy (non-hydrogen) atoms. The highest BCUT2D eigenvalue weighted by molar-refractivity contribution is 5.62. The number of benzene rings is 2. The second kappa shape index (κ2) is 6.25. The fourth-order valence-electron chi connectivity index (χ4n) is 1.72. The molecule has 100 valence electrons. The molecule has 0 bridgehead atoms. The molecule has 2 aromatic rings. The first kappa shape index (κ1) is 13.4. The number of hydrogen-bond acceptors (Lipinski definition) is 3. The summed E-state index contributed by atoms with van der Waals surface area (Å²) in [5, 5.41) is 16.0. The van der Waals surface area contributed by atoms with E-state index in [0.29, 0.717) is 0 Å². The summed E-state index contributed by atoms with van der Waals surface area (Å²) >= 11 is 0. The molecule has 3 nitrogen and oxygen atoms in total. The number of para-hydroxylation sites is 1. The number of hydrogen-bond donors (Lipinski definition) is 3. The predicted octanol–water partition coefficient (Wildman–Crippen LogP) is 3.61. The van der Waals surface area contributed by atoms with Crippen molar-refractivity contribution in [1.29, 1.82) is 0 Å². The van der Waals surface area contributed by atoms with Crippen LogP contribution >= 0.6 is 0 Å². The van der Waals surface area contributed by atoms with Crippen LogP contribution in [0.5, 0.6) is 0 Å². The van der Waals surface area contributed by atoms with Crippen molar-refractivity contribution in [3.63, 3.8) is 0 Å². The van der Waals surface area contributed by atoms with E-state index in [2.05, 4.69) is 10.6 Å². The Balaban J connectivity index is 1.99. The van der Waals surface area contributed by atoms with Gasteiger partial charge in [-0.2, -0.15) is 0 Å². The van der Waals surface area contributed by atoms with E-state index in [-0.39, 0.29) is 12.1 Å². The Morgan fingerprint density at radius 3 is 1.89 bits per heavy atom. The van der Waals surface area contributed by atoms with E-state index >= 15 is 0 Å². The van der Waals surface area contributed by atoms with Gasteiger partial charge in [0.2, 0.25) is 0 Å². The quantitative estimate of drug-likeness (QED) is 0.765. The van der Waals surface area contributed by atoms with Crippen LogP contribution in [0, 0.1) is 0 Å². The Morgan fingerprint density at radius 1 is 0.789 bits per heavy atom. The molecular formula is C16H20N2O. The lowest BCUT2D eigenvalue weighted by atomic mass is 10.2. The first-order chi connectivity index (χ1) is 9.15. The van der Waals surface area contributed by atoms with E-state index in [1.807, 2.05) is 61.5 Å². The molecule has 0 radical (unpaired) electrons. The lowest BCUT2D eigenvalue weighted by molar-refractivity contribution is 0.178. The smallest absolute Gasteiger partial charge is 0.0710 e. The topological polar surface area (TPSA) is 44.3 Å². The molecule has 0 aliphatic heterocycles. The number of rotatable bonds is 5. The number of anilines is 3. The monoisotopic (exact) mass is 256 g/mol. The molecule has 3 heteroatoms. The third-order valence-electron chi connectivity index (χ3n) is 3.07. The highest BCUT2D eigenvalue weighted by Crippen LogP contribution is 2.19. The zero-order chi connectivity index (χ0) is 13.7. The molecule has 0 saturated carbocycles. The molecule has 0 aliphatic rings. The van der Waals surface area contributed by atoms with Crippen molar-refractivity contribution in [2.24, 2.45) is 0 Å². The third kappa shape index (κ3) is 4.00. The van der Waals surface area contributed by atoms with Gasteiger partial charge in [0.25, 0.3) is 0 Å². The van der Waals surface area contributed by atoms with Gasteiger partial charge in [0.1, 0.15) is 0 Å². The van der Waals surface area contributed by atoms with Crippen molar-refractivity contribution in [2.45, 2.75) is 26.0 Å². The summed E-state index contributed by atoms with van der Waals surface area (Å²) in [5.41, 5.74) is 3.12. The van der Waals surface area contributed by atoms with Gasteiger partial charge in [-0.1, -0.05) is 18.2 Å². The highest BCUT2D eigenvalue weighted by atomic mass is 16.3. The summed E-state index contributed by atoms with van der Waals surface area (Å²) in [5.74, 6) is 0. The van der Waals surface area contributed by atoms with E-state index < -0.39 is 0 Å². The lowest BCUT2D eigenvalue weighted by Crippen LogP contribution is -2.27. The van der Waals surface area contributed by atoms with Gasteiger partial charge in [0.15, 0.2) is 0 Å². The first-order valence-electron chi connectivity index (χ1n) is 6.52. The van der Waals surface area contributed by atoms with Gasteiger partial charge in [-0.15, -0.1) is 0 Å². The van der Waals surface area contributed by atoms with Crippen molar-refractivity contribution in [3.05, 3.63) is 54.6 Å². The van der Waals surface area contributed by atoms with Crippen LogP contribution in [-0.2, 0) is 0 Å². The van der Waals surface area contributed by atoms with Gasteiger partial charge in [-0.3, -0.25) is 0 Å². The van der Waals surface area contributed by atoms with E-state index in [9.17, 15) is 5.11 Å². The Hall–Kier alpha value is -2.00. The van der Waals surface area contributed by atoms with E-state index in [0.717, 1.165) is 17.1 Å². The summed E-state index contributed by atoms with van der Waals surface area (Å²) in [6.07, 6.45) is -0.373. The number of aliphatic hydroxyl groups excluding tert-OH is 1. The summed E-state index contributed by atoms with van der Waals surface area (Å²) in [6.45, 7) is 3.74. The molecule has 2 unspecified atom stereocenters. The third-order valence-corrected chi connectivity index (χ3v) is 3.07. The van der Waals surface area contributed by atoms with Crippen LogP contribution < -0.4 is 10.6 Å². The molecule has 0 aliphatic carbocycles. The minimum Gasteiger partial charge on any atom is -0.391 e. The van der Waals surface area contributed by atoms with Crippen LogP contribution in [0.1, 0.15) is 13.8 Å². The Labute approximate surface area is 114 Å². The fourth-order valence-corrected chi connectivity index (χ4v) is 1.72. The largest absolute Gasteiger partial charge is 0.391 e. The molecule has 2 aromatic carbocycles. The first-order valence-corrected chi connectivity index (χ1v) is 6.52. The summed E-state index contributed by atoms with van der Waals surface area (Å²) in [4.78, 5) is 0. The minimum absolute atomic E-state index is 0.0351. The normalized spacial score (nSPS) is 13.6. The summed E-state index contributed by atoms with van der Waals surface area (Å²) in [6, 6.07) is 18.1. The van der Waals surface area contributed by atoms with Gasteiger partial charge >= 0.3 is 0 Å². The van der Waals surface area contributed by atoms with Crippen LogP contribution in [0.2, 0.25) is 0 Å². The van der Waals surface area contributed by atoms with Gasteiger partial charge in [0.05, 0.1) is 6.10 Å². The summed E-state index contributed by atoms with van der Waals surface area (Å²) < 4.78 is 0. The molecule has 0 heterocycles. The Kier molecular flexibility index (Phi) is 4.42. The van der Waals surface area contributed by atoms with Crippen LogP contribution in [-0.4, -0.2) is 17.3 Å². The van der Waals surface area contributed by atoms with E-state index in [1.165, 1.54) is 0 Å². The van der Waals surface area contributed by atoms with Crippen LogP contribution in [0.25, 0.3) is 0 Å². The Bertz CT molecular complexity index is 494. The lowest BCUT2D eigenvalue weighted by Gasteiger charge is -2.18. The van der Waals surface area contributed by atoms with Crippen LogP contribution in [0.15, 0.2) is 54.6 Å². The molecule has 2 atom stereocenters. The maximum absolute atomic E-state index is 9.46. The van der Waals surface area contributed by atoms with Gasteiger partial charge in [-0.05, 0) is 50.2 Å². The predicted molar refractivity (Wildman–Crippen MR) is 80.9 cm³/mol. The molecule has 0 spiro atoms. The molecular weight excluding hydrogens is 236 g/mol. The molecule has 2 rings (SSSR count). The van der Waals surface area contributed by atoms with Crippen LogP contribution in [0.4, 0.5) is 17.1 Å². The van der Waals surface area contributed by atoms with Crippen molar-refractivity contribution < 1.29 is 5.11 Å². The molecule has 0 aromatic heterocycles. The zero-order valence-corrected chi connectivity index (χ0v) is 11.3.